The molecular weight excluding hydrogens is 279 g/mol. The highest BCUT2D eigenvalue weighted by molar-refractivity contribution is 5.94. The highest BCUT2D eigenvalue weighted by atomic mass is 19.1. The van der Waals surface area contributed by atoms with Gasteiger partial charge < -0.3 is 10.2 Å². The minimum absolute atomic E-state index is 0.0901. The number of halogens is 1. The van der Waals surface area contributed by atoms with Crippen LogP contribution >= 0.6 is 0 Å². The second-order valence-corrected chi connectivity index (χ2v) is 5.63. The molecule has 0 aromatic heterocycles. The van der Waals surface area contributed by atoms with Gasteiger partial charge in [-0.25, -0.2) is 4.39 Å². The summed E-state index contributed by atoms with van der Waals surface area (Å²) in [5.41, 5.74) is 2.38. The van der Waals surface area contributed by atoms with Crippen molar-refractivity contribution >= 4 is 17.3 Å². The van der Waals surface area contributed by atoms with Gasteiger partial charge in [-0.1, -0.05) is 38.1 Å². The molecule has 0 radical (unpaired) electrons. The maximum atomic E-state index is 13.7. The zero-order chi connectivity index (χ0) is 16.1. The van der Waals surface area contributed by atoms with Gasteiger partial charge in [-0.05, 0) is 35.7 Å². The van der Waals surface area contributed by atoms with Crippen molar-refractivity contribution in [3.8, 4) is 0 Å². The lowest BCUT2D eigenvalue weighted by atomic mass is 10.0. The first-order chi connectivity index (χ1) is 10.5. The number of carbonyl (C=O) groups is 1. The van der Waals surface area contributed by atoms with E-state index in [4.69, 9.17) is 0 Å². The minimum atomic E-state index is -0.334. The van der Waals surface area contributed by atoms with Gasteiger partial charge >= 0.3 is 0 Å². The number of carbonyl (C=O) groups excluding carboxylic acids is 1. The number of likely N-dealkylation sites (N-methyl/N-ethyl adjacent to an activating group) is 1. The summed E-state index contributed by atoms with van der Waals surface area (Å²) in [6, 6.07) is 14.2. The van der Waals surface area contributed by atoms with Crippen molar-refractivity contribution in [3.05, 3.63) is 59.9 Å². The number of nitrogens with one attached hydrogen (secondary N) is 1. The van der Waals surface area contributed by atoms with Crippen molar-refractivity contribution in [1.29, 1.82) is 0 Å². The molecule has 1 amide bonds. The second kappa shape index (κ2) is 7.07. The number of benzene rings is 2. The number of hydrogen-bond donors (Lipinski definition) is 1. The Bertz CT molecular complexity index is 638. The van der Waals surface area contributed by atoms with Crippen LogP contribution in [0.3, 0.4) is 0 Å². The fraction of sp³-hybridized carbons (Fsp3) is 0.278. The van der Waals surface area contributed by atoms with Crippen LogP contribution in [0.1, 0.15) is 25.3 Å². The summed E-state index contributed by atoms with van der Waals surface area (Å²) in [7, 11) is 1.69. The van der Waals surface area contributed by atoms with Crippen molar-refractivity contribution in [2.75, 3.05) is 23.8 Å². The Morgan fingerprint density at radius 2 is 1.77 bits per heavy atom. The van der Waals surface area contributed by atoms with Crippen LogP contribution in [0.4, 0.5) is 15.8 Å². The molecule has 0 aliphatic heterocycles. The highest BCUT2D eigenvalue weighted by Gasteiger charge is 2.11. The predicted octanol–water partition coefficient (Wildman–Crippen LogP) is 4.02. The molecule has 0 fully saturated rings. The normalized spacial score (nSPS) is 10.6. The number of para-hydroxylation sites is 1. The molecule has 0 aliphatic carbocycles. The third-order valence-electron chi connectivity index (χ3n) is 3.51. The van der Waals surface area contributed by atoms with E-state index in [1.54, 1.807) is 30.1 Å². The van der Waals surface area contributed by atoms with E-state index < -0.39 is 0 Å². The zero-order valence-corrected chi connectivity index (χ0v) is 13.1. The van der Waals surface area contributed by atoms with Crippen LogP contribution in [0.15, 0.2) is 48.5 Å². The Morgan fingerprint density at radius 1 is 1.14 bits per heavy atom. The lowest BCUT2D eigenvalue weighted by molar-refractivity contribution is -0.114. The summed E-state index contributed by atoms with van der Waals surface area (Å²) in [5.74, 6) is -0.0564. The molecule has 0 aliphatic rings. The molecule has 22 heavy (non-hydrogen) atoms. The van der Waals surface area contributed by atoms with Crippen molar-refractivity contribution in [3.63, 3.8) is 0 Å². The summed E-state index contributed by atoms with van der Waals surface area (Å²) < 4.78 is 13.7. The number of rotatable bonds is 5. The molecule has 2 aromatic carbocycles. The van der Waals surface area contributed by atoms with Gasteiger partial charge in [-0.2, -0.15) is 0 Å². The summed E-state index contributed by atoms with van der Waals surface area (Å²) in [5, 5.41) is 2.83. The number of nitrogens with zero attached hydrogens (tertiary/aromatic N) is 1. The standard InChI is InChI=1S/C18H21FN2O/c1-13(2)14-8-10-15(11-9-14)20-18(22)12-21(3)17-7-5-4-6-16(17)19/h4-11,13H,12H2,1-3H3,(H,20,22). The van der Waals surface area contributed by atoms with Crippen LogP contribution in [0.2, 0.25) is 0 Å². The van der Waals surface area contributed by atoms with Crippen molar-refractivity contribution in [2.24, 2.45) is 0 Å². The molecule has 0 heterocycles. The molecule has 116 valence electrons. The molecule has 2 aromatic rings. The fourth-order valence-corrected chi connectivity index (χ4v) is 2.21. The van der Waals surface area contributed by atoms with E-state index in [1.807, 2.05) is 24.3 Å². The van der Waals surface area contributed by atoms with E-state index in [0.717, 1.165) is 5.69 Å². The topological polar surface area (TPSA) is 32.3 Å². The third-order valence-corrected chi connectivity index (χ3v) is 3.51. The minimum Gasteiger partial charge on any atom is -0.363 e. The van der Waals surface area contributed by atoms with Gasteiger partial charge in [0, 0.05) is 12.7 Å². The first-order valence-corrected chi connectivity index (χ1v) is 7.33. The van der Waals surface area contributed by atoms with Gasteiger partial charge in [0.15, 0.2) is 0 Å². The zero-order valence-electron chi connectivity index (χ0n) is 13.1. The molecular formula is C18H21FN2O. The largest absolute Gasteiger partial charge is 0.363 e. The first kappa shape index (κ1) is 16.0. The van der Waals surface area contributed by atoms with E-state index in [1.165, 1.54) is 11.6 Å². The SMILES string of the molecule is CC(C)c1ccc(NC(=O)CN(C)c2ccccc2F)cc1. The summed E-state index contributed by atoms with van der Waals surface area (Å²) in [6.07, 6.45) is 0. The van der Waals surface area contributed by atoms with Crippen LogP contribution in [0.5, 0.6) is 0 Å². The molecule has 0 saturated carbocycles. The molecule has 3 nitrogen and oxygen atoms in total. The molecule has 0 unspecified atom stereocenters. The average Bonchev–Trinajstić information content (AvgIpc) is 2.48. The van der Waals surface area contributed by atoms with E-state index in [2.05, 4.69) is 19.2 Å². The summed E-state index contributed by atoms with van der Waals surface area (Å²) in [4.78, 5) is 13.6. The maximum Gasteiger partial charge on any atom is 0.243 e. The number of anilines is 2. The molecule has 0 spiro atoms. The Hall–Kier alpha value is -2.36. The Balaban J connectivity index is 1.96. The lowest BCUT2D eigenvalue weighted by Crippen LogP contribution is -2.30. The van der Waals surface area contributed by atoms with Crippen LogP contribution in [-0.4, -0.2) is 19.5 Å². The second-order valence-electron chi connectivity index (χ2n) is 5.63. The molecule has 0 saturated heterocycles. The Labute approximate surface area is 130 Å². The van der Waals surface area contributed by atoms with Gasteiger partial charge in [0.2, 0.25) is 5.91 Å². The highest BCUT2D eigenvalue weighted by Crippen LogP contribution is 2.18. The van der Waals surface area contributed by atoms with Gasteiger partial charge in [0.05, 0.1) is 12.2 Å². The van der Waals surface area contributed by atoms with Crippen molar-refractivity contribution < 1.29 is 9.18 Å². The van der Waals surface area contributed by atoms with Crippen molar-refractivity contribution in [2.45, 2.75) is 19.8 Å². The molecule has 4 heteroatoms. The van der Waals surface area contributed by atoms with Crippen LogP contribution < -0.4 is 10.2 Å². The van der Waals surface area contributed by atoms with Gasteiger partial charge in [-0.3, -0.25) is 4.79 Å². The predicted molar refractivity (Wildman–Crippen MR) is 88.8 cm³/mol. The maximum absolute atomic E-state index is 13.7. The quantitative estimate of drug-likeness (QED) is 0.904. The number of amides is 1. The Morgan fingerprint density at radius 3 is 2.36 bits per heavy atom. The third kappa shape index (κ3) is 4.07. The lowest BCUT2D eigenvalue weighted by Gasteiger charge is -2.19. The number of hydrogen-bond acceptors (Lipinski definition) is 2. The van der Waals surface area contributed by atoms with E-state index in [0.29, 0.717) is 11.6 Å². The van der Waals surface area contributed by atoms with Gasteiger partial charge in [0.25, 0.3) is 0 Å². The monoisotopic (exact) mass is 300 g/mol. The van der Waals surface area contributed by atoms with Crippen LogP contribution in [-0.2, 0) is 4.79 Å². The first-order valence-electron chi connectivity index (χ1n) is 7.33. The van der Waals surface area contributed by atoms with Gasteiger partial charge in [0.1, 0.15) is 5.82 Å². The summed E-state index contributed by atoms with van der Waals surface area (Å²) >= 11 is 0. The Kier molecular flexibility index (Phi) is 5.15. The van der Waals surface area contributed by atoms with Gasteiger partial charge in [-0.15, -0.1) is 0 Å². The van der Waals surface area contributed by atoms with Crippen LogP contribution in [0, 0.1) is 5.82 Å². The van der Waals surface area contributed by atoms with Crippen LogP contribution in [0.25, 0.3) is 0 Å². The smallest absolute Gasteiger partial charge is 0.243 e. The fourth-order valence-electron chi connectivity index (χ4n) is 2.21. The molecule has 0 bridgehead atoms. The van der Waals surface area contributed by atoms with Crippen molar-refractivity contribution in [1.82, 2.24) is 0 Å². The molecule has 1 N–H and O–H groups in total. The summed E-state index contributed by atoms with van der Waals surface area (Å²) in [6.45, 7) is 4.33. The molecule has 2 rings (SSSR count). The average molecular weight is 300 g/mol. The molecule has 0 atom stereocenters. The van der Waals surface area contributed by atoms with E-state index in [9.17, 15) is 9.18 Å². The van der Waals surface area contributed by atoms with E-state index in [-0.39, 0.29) is 18.3 Å². The van der Waals surface area contributed by atoms with E-state index >= 15 is 0 Å².